The Labute approximate surface area is 131 Å². The van der Waals surface area contributed by atoms with E-state index in [2.05, 4.69) is 25.1 Å². The van der Waals surface area contributed by atoms with Gasteiger partial charge in [-0.25, -0.2) is 4.39 Å². The minimum atomic E-state index is -0.183. The van der Waals surface area contributed by atoms with Gasteiger partial charge in [-0.2, -0.15) is 0 Å². The third kappa shape index (κ3) is 3.55. The first-order valence-electron chi connectivity index (χ1n) is 7.16. The molecule has 1 aliphatic heterocycles. The summed E-state index contributed by atoms with van der Waals surface area (Å²) in [5.41, 5.74) is 4.13. The molecule has 0 amide bonds. The minimum absolute atomic E-state index is 0.183. The predicted molar refractivity (Wildman–Crippen MR) is 90.4 cm³/mol. The first kappa shape index (κ1) is 15.8. The molecule has 1 heterocycles. The molecule has 114 valence electrons. The van der Waals surface area contributed by atoms with Gasteiger partial charge in [0.25, 0.3) is 0 Å². The van der Waals surface area contributed by atoms with Crippen molar-refractivity contribution in [3.63, 3.8) is 0 Å². The van der Waals surface area contributed by atoms with E-state index in [0.717, 1.165) is 22.5 Å². The molecule has 0 spiro atoms. The van der Waals surface area contributed by atoms with Gasteiger partial charge in [0.05, 0.1) is 0 Å². The lowest BCUT2D eigenvalue weighted by molar-refractivity contribution is 0.462. The highest BCUT2D eigenvalue weighted by molar-refractivity contribution is 5.47. The van der Waals surface area contributed by atoms with Gasteiger partial charge in [-0.3, -0.25) is 0 Å². The SMILES string of the molecule is C=CCNC(=C)C1=CC=CN(Cc2ccc(C)c(F)c2)C1=C. The number of allylic oxidation sites excluding steroid dienone is 2. The van der Waals surface area contributed by atoms with Gasteiger partial charge in [0.1, 0.15) is 5.82 Å². The van der Waals surface area contributed by atoms with E-state index in [1.807, 2.05) is 29.3 Å². The molecule has 0 bridgehead atoms. The van der Waals surface area contributed by atoms with Crippen molar-refractivity contribution in [3.8, 4) is 0 Å². The number of halogens is 1. The van der Waals surface area contributed by atoms with Gasteiger partial charge in [-0.15, -0.1) is 6.58 Å². The van der Waals surface area contributed by atoms with E-state index in [-0.39, 0.29) is 5.82 Å². The predicted octanol–water partition coefficient (Wildman–Crippen LogP) is 4.19. The van der Waals surface area contributed by atoms with Crippen LogP contribution in [-0.4, -0.2) is 11.4 Å². The summed E-state index contributed by atoms with van der Waals surface area (Å²) in [6.07, 6.45) is 7.62. The van der Waals surface area contributed by atoms with E-state index in [1.165, 1.54) is 0 Å². The normalized spacial score (nSPS) is 13.8. The highest BCUT2D eigenvalue weighted by atomic mass is 19.1. The van der Waals surface area contributed by atoms with E-state index in [1.54, 1.807) is 25.1 Å². The van der Waals surface area contributed by atoms with Crippen LogP contribution in [0.3, 0.4) is 0 Å². The quantitative estimate of drug-likeness (QED) is 0.792. The van der Waals surface area contributed by atoms with Gasteiger partial charge < -0.3 is 10.2 Å². The molecule has 0 atom stereocenters. The van der Waals surface area contributed by atoms with Crippen LogP contribution in [0, 0.1) is 12.7 Å². The number of nitrogens with zero attached hydrogens (tertiary/aromatic N) is 1. The van der Waals surface area contributed by atoms with E-state index in [0.29, 0.717) is 18.7 Å². The molecule has 2 rings (SSSR count). The molecule has 1 aromatic rings. The van der Waals surface area contributed by atoms with Crippen LogP contribution in [0.15, 0.2) is 79.3 Å². The molecule has 2 nitrogen and oxygen atoms in total. The van der Waals surface area contributed by atoms with Gasteiger partial charge >= 0.3 is 0 Å². The number of rotatable bonds is 6. The van der Waals surface area contributed by atoms with Gasteiger partial charge in [0.2, 0.25) is 0 Å². The second-order valence-corrected chi connectivity index (χ2v) is 5.23. The molecule has 0 aromatic heterocycles. The first-order valence-corrected chi connectivity index (χ1v) is 7.16. The van der Waals surface area contributed by atoms with Crippen LogP contribution in [0.2, 0.25) is 0 Å². The summed E-state index contributed by atoms with van der Waals surface area (Å²) in [6.45, 7) is 14.8. The van der Waals surface area contributed by atoms with E-state index in [9.17, 15) is 4.39 Å². The molecule has 0 radical (unpaired) electrons. The molecule has 1 aliphatic rings. The zero-order valence-corrected chi connectivity index (χ0v) is 12.9. The van der Waals surface area contributed by atoms with Crippen LogP contribution in [-0.2, 0) is 6.54 Å². The lowest BCUT2D eigenvalue weighted by Gasteiger charge is -2.28. The fourth-order valence-corrected chi connectivity index (χ4v) is 2.23. The Kier molecular flexibility index (Phi) is 4.99. The Morgan fingerprint density at radius 2 is 2.18 bits per heavy atom. The Bertz CT molecular complexity index is 668. The molecule has 1 N–H and O–H groups in total. The number of benzene rings is 1. The summed E-state index contributed by atoms with van der Waals surface area (Å²) < 4.78 is 13.7. The summed E-state index contributed by atoms with van der Waals surface area (Å²) in [6, 6.07) is 5.30. The first-order chi connectivity index (χ1) is 10.5. The fourth-order valence-electron chi connectivity index (χ4n) is 2.23. The molecule has 0 aliphatic carbocycles. The van der Waals surface area contributed by atoms with E-state index in [4.69, 9.17) is 0 Å². The fraction of sp³-hybridized carbons (Fsp3) is 0.158. The lowest BCUT2D eigenvalue weighted by Crippen LogP contribution is -2.23. The molecule has 0 saturated heterocycles. The maximum atomic E-state index is 13.7. The molecule has 3 heteroatoms. The van der Waals surface area contributed by atoms with Crippen molar-refractivity contribution in [2.24, 2.45) is 0 Å². The summed E-state index contributed by atoms with van der Waals surface area (Å²) in [5.74, 6) is -0.183. The number of aryl methyl sites for hydroxylation is 1. The Balaban J connectivity index is 2.10. The monoisotopic (exact) mass is 296 g/mol. The van der Waals surface area contributed by atoms with E-state index < -0.39 is 0 Å². The number of hydrogen-bond acceptors (Lipinski definition) is 2. The van der Waals surface area contributed by atoms with Crippen LogP contribution >= 0.6 is 0 Å². The van der Waals surface area contributed by atoms with Crippen LogP contribution in [0.5, 0.6) is 0 Å². The van der Waals surface area contributed by atoms with Crippen molar-refractivity contribution in [2.75, 3.05) is 6.54 Å². The van der Waals surface area contributed by atoms with Gasteiger partial charge in [0.15, 0.2) is 0 Å². The average molecular weight is 296 g/mol. The largest absolute Gasteiger partial charge is 0.382 e. The van der Waals surface area contributed by atoms with Crippen molar-refractivity contribution < 1.29 is 4.39 Å². The maximum absolute atomic E-state index is 13.7. The summed E-state index contributed by atoms with van der Waals surface area (Å²) in [4.78, 5) is 1.99. The molecular formula is C19H21FN2. The van der Waals surface area contributed by atoms with Crippen molar-refractivity contribution >= 4 is 0 Å². The van der Waals surface area contributed by atoms with Gasteiger partial charge in [-0.05, 0) is 36.3 Å². The zero-order valence-electron chi connectivity index (χ0n) is 12.9. The Hall–Kier alpha value is -2.55. The Morgan fingerprint density at radius 3 is 2.86 bits per heavy atom. The second-order valence-electron chi connectivity index (χ2n) is 5.23. The lowest BCUT2D eigenvalue weighted by atomic mass is 10.1. The number of nitrogens with one attached hydrogen (secondary N) is 1. The Morgan fingerprint density at radius 1 is 1.41 bits per heavy atom. The van der Waals surface area contributed by atoms with Crippen LogP contribution in [0.25, 0.3) is 0 Å². The zero-order chi connectivity index (χ0) is 16.1. The summed E-state index contributed by atoms with van der Waals surface area (Å²) in [5, 5.41) is 3.17. The maximum Gasteiger partial charge on any atom is 0.126 e. The molecular weight excluding hydrogens is 275 g/mol. The molecule has 0 saturated carbocycles. The van der Waals surface area contributed by atoms with Crippen molar-refractivity contribution in [1.29, 1.82) is 0 Å². The topological polar surface area (TPSA) is 15.3 Å². The highest BCUT2D eigenvalue weighted by Crippen LogP contribution is 2.25. The molecule has 0 fully saturated rings. The van der Waals surface area contributed by atoms with Crippen molar-refractivity contribution in [2.45, 2.75) is 13.5 Å². The highest BCUT2D eigenvalue weighted by Gasteiger charge is 2.15. The molecule has 0 unspecified atom stereocenters. The summed E-state index contributed by atoms with van der Waals surface area (Å²) in [7, 11) is 0. The summed E-state index contributed by atoms with van der Waals surface area (Å²) >= 11 is 0. The third-order valence-corrected chi connectivity index (χ3v) is 3.56. The standard InChI is InChI=1S/C19H21FN2/c1-5-10-21-15(3)18-7-6-11-22(16(18)4)13-17-9-8-14(2)19(20)12-17/h5-9,11-12,21H,1,3-4,10,13H2,2H3. The van der Waals surface area contributed by atoms with E-state index >= 15 is 0 Å². The van der Waals surface area contributed by atoms with Gasteiger partial charge in [-0.1, -0.05) is 31.4 Å². The minimum Gasteiger partial charge on any atom is -0.382 e. The molecule has 1 aromatic carbocycles. The van der Waals surface area contributed by atoms with Crippen molar-refractivity contribution in [3.05, 3.63) is 96.3 Å². The number of hydrogen-bond donors (Lipinski definition) is 1. The smallest absolute Gasteiger partial charge is 0.126 e. The van der Waals surface area contributed by atoms with Crippen LogP contribution in [0.1, 0.15) is 11.1 Å². The average Bonchev–Trinajstić information content (AvgIpc) is 2.50. The van der Waals surface area contributed by atoms with Crippen LogP contribution < -0.4 is 5.32 Å². The van der Waals surface area contributed by atoms with Gasteiger partial charge in [0, 0.05) is 36.3 Å². The molecule has 22 heavy (non-hydrogen) atoms. The van der Waals surface area contributed by atoms with Crippen LogP contribution in [0.4, 0.5) is 4.39 Å². The van der Waals surface area contributed by atoms with Crippen molar-refractivity contribution in [1.82, 2.24) is 10.2 Å². The second kappa shape index (κ2) is 6.94. The third-order valence-electron chi connectivity index (χ3n) is 3.56.